The number of rotatable bonds is 3. The molecule has 1 amide bonds. The zero-order valence-corrected chi connectivity index (χ0v) is 12.7. The molecular formula is C14H14BrNOS. The van der Waals surface area contributed by atoms with Crippen LogP contribution in [0.3, 0.4) is 0 Å². The summed E-state index contributed by atoms with van der Waals surface area (Å²) in [6.45, 7) is 2.69. The van der Waals surface area contributed by atoms with Gasteiger partial charge < -0.3 is 4.90 Å². The predicted octanol–water partition coefficient (Wildman–Crippen LogP) is 4.09. The van der Waals surface area contributed by atoms with Crippen LogP contribution in [0, 0.1) is 6.92 Å². The SMILES string of the molecule is Cc1ccc(CN(C)C(=O)c2csc(Br)c2)cc1. The van der Waals surface area contributed by atoms with Crippen molar-refractivity contribution in [3.05, 3.63) is 56.2 Å². The van der Waals surface area contributed by atoms with Crippen molar-refractivity contribution >= 4 is 33.2 Å². The minimum atomic E-state index is 0.0533. The van der Waals surface area contributed by atoms with Gasteiger partial charge >= 0.3 is 0 Å². The first-order chi connectivity index (χ1) is 8.56. The summed E-state index contributed by atoms with van der Waals surface area (Å²) < 4.78 is 0.981. The Morgan fingerprint density at radius 3 is 2.56 bits per heavy atom. The number of carbonyl (C=O) groups excluding carboxylic acids is 1. The molecule has 94 valence electrons. The molecule has 0 spiro atoms. The van der Waals surface area contributed by atoms with Crippen LogP contribution in [0.1, 0.15) is 21.5 Å². The molecule has 1 heterocycles. The Hall–Kier alpha value is -1.13. The molecule has 0 unspecified atom stereocenters. The third-order valence-corrected chi connectivity index (χ3v) is 4.21. The van der Waals surface area contributed by atoms with Crippen molar-refractivity contribution in [3.8, 4) is 0 Å². The molecule has 0 aliphatic heterocycles. The Bertz CT molecular complexity index is 547. The molecule has 0 aliphatic carbocycles. The summed E-state index contributed by atoms with van der Waals surface area (Å²) in [4.78, 5) is 13.9. The zero-order valence-electron chi connectivity index (χ0n) is 10.3. The van der Waals surface area contributed by atoms with E-state index < -0.39 is 0 Å². The van der Waals surface area contributed by atoms with Crippen LogP contribution in [0.2, 0.25) is 0 Å². The molecule has 18 heavy (non-hydrogen) atoms. The first-order valence-corrected chi connectivity index (χ1v) is 7.28. The first-order valence-electron chi connectivity index (χ1n) is 5.61. The smallest absolute Gasteiger partial charge is 0.254 e. The Kier molecular flexibility index (Phi) is 4.19. The van der Waals surface area contributed by atoms with E-state index in [1.807, 2.05) is 18.5 Å². The summed E-state index contributed by atoms with van der Waals surface area (Å²) in [5, 5.41) is 1.87. The van der Waals surface area contributed by atoms with Gasteiger partial charge in [-0.1, -0.05) is 29.8 Å². The molecule has 0 saturated heterocycles. The lowest BCUT2D eigenvalue weighted by Crippen LogP contribution is -2.25. The van der Waals surface area contributed by atoms with Crippen LogP contribution in [-0.2, 0) is 6.54 Å². The number of aryl methyl sites for hydroxylation is 1. The van der Waals surface area contributed by atoms with Crippen molar-refractivity contribution < 1.29 is 4.79 Å². The van der Waals surface area contributed by atoms with Crippen LogP contribution < -0.4 is 0 Å². The Morgan fingerprint density at radius 1 is 1.33 bits per heavy atom. The lowest BCUT2D eigenvalue weighted by atomic mass is 10.1. The fraction of sp³-hybridized carbons (Fsp3) is 0.214. The Morgan fingerprint density at radius 2 is 2.00 bits per heavy atom. The molecule has 0 fully saturated rings. The van der Waals surface area contributed by atoms with E-state index in [1.165, 1.54) is 16.9 Å². The average Bonchev–Trinajstić information content (AvgIpc) is 2.78. The molecule has 1 aromatic carbocycles. The second kappa shape index (κ2) is 5.67. The van der Waals surface area contributed by atoms with Gasteiger partial charge in [-0.05, 0) is 34.5 Å². The number of benzene rings is 1. The molecule has 0 radical (unpaired) electrons. The highest BCUT2D eigenvalue weighted by molar-refractivity contribution is 9.11. The highest BCUT2D eigenvalue weighted by Crippen LogP contribution is 2.22. The molecule has 0 atom stereocenters. The molecule has 2 nitrogen and oxygen atoms in total. The number of thiophene rings is 1. The van der Waals surface area contributed by atoms with E-state index in [4.69, 9.17) is 0 Å². The monoisotopic (exact) mass is 323 g/mol. The molecule has 0 aliphatic rings. The predicted molar refractivity (Wildman–Crippen MR) is 79.0 cm³/mol. The number of amides is 1. The van der Waals surface area contributed by atoms with E-state index in [2.05, 4.69) is 47.1 Å². The van der Waals surface area contributed by atoms with Crippen LogP contribution in [0.25, 0.3) is 0 Å². The number of carbonyl (C=O) groups is 1. The molecule has 0 N–H and O–H groups in total. The van der Waals surface area contributed by atoms with Gasteiger partial charge in [0.25, 0.3) is 5.91 Å². The van der Waals surface area contributed by atoms with Gasteiger partial charge in [-0.25, -0.2) is 0 Å². The van der Waals surface area contributed by atoms with Gasteiger partial charge in [0.2, 0.25) is 0 Å². The number of halogens is 1. The van der Waals surface area contributed by atoms with E-state index in [9.17, 15) is 4.79 Å². The second-order valence-corrected chi connectivity index (χ2v) is 6.58. The topological polar surface area (TPSA) is 20.3 Å². The lowest BCUT2D eigenvalue weighted by Gasteiger charge is -2.16. The summed E-state index contributed by atoms with van der Waals surface area (Å²) in [5.74, 6) is 0.0533. The zero-order chi connectivity index (χ0) is 13.1. The fourth-order valence-electron chi connectivity index (χ4n) is 1.68. The number of hydrogen-bond acceptors (Lipinski definition) is 2. The highest BCUT2D eigenvalue weighted by Gasteiger charge is 2.13. The molecule has 0 saturated carbocycles. The molecule has 2 aromatic rings. The maximum absolute atomic E-state index is 12.1. The van der Waals surface area contributed by atoms with Crippen molar-refractivity contribution in [2.24, 2.45) is 0 Å². The van der Waals surface area contributed by atoms with Crippen molar-refractivity contribution in [1.82, 2.24) is 4.90 Å². The maximum atomic E-state index is 12.1. The third-order valence-electron chi connectivity index (χ3n) is 2.70. The van der Waals surface area contributed by atoms with Crippen LogP contribution in [-0.4, -0.2) is 17.9 Å². The van der Waals surface area contributed by atoms with E-state index >= 15 is 0 Å². The van der Waals surface area contributed by atoms with Crippen molar-refractivity contribution in [2.45, 2.75) is 13.5 Å². The molecule has 2 rings (SSSR count). The summed E-state index contributed by atoms with van der Waals surface area (Å²) in [7, 11) is 1.83. The van der Waals surface area contributed by atoms with Crippen molar-refractivity contribution in [3.63, 3.8) is 0 Å². The fourth-order valence-corrected chi connectivity index (χ4v) is 2.81. The minimum absolute atomic E-state index is 0.0533. The molecule has 1 aromatic heterocycles. The number of nitrogens with zero attached hydrogens (tertiary/aromatic N) is 1. The van der Waals surface area contributed by atoms with E-state index in [1.54, 1.807) is 4.90 Å². The summed E-state index contributed by atoms with van der Waals surface area (Å²) in [5.41, 5.74) is 3.11. The molecule has 4 heteroatoms. The highest BCUT2D eigenvalue weighted by atomic mass is 79.9. The van der Waals surface area contributed by atoms with E-state index in [0.29, 0.717) is 6.54 Å². The summed E-state index contributed by atoms with van der Waals surface area (Å²) >= 11 is 4.90. The van der Waals surface area contributed by atoms with Crippen LogP contribution in [0.4, 0.5) is 0 Å². The second-order valence-electron chi connectivity index (χ2n) is 4.29. The van der Waals surface area contributed by atoms with E-state index in [0.717, 1.165) is 14.9 Å². The Balaban J connectivity index is 2.05. The maximum Gasteiger partial charge on any atom is 0.254 e. The molecular weight excluding hydrogens is 310 g/mol. The number of hydrogen-bond donors (Lipinski definition) is 0. The quantitative estimate of drug-likeness (QED) is 0.833. The van der Waals surface area contributed by atoms with Crippen LogP contribution in [0.5, 0.6) is 0 Å². The van der Waals surface area contributed by atoms with Gasteiger partial charge in [0, 0.05) is 19.0 Å². The standard InChI is InChI=1S/C14H14BrNOS/c1-10-3-5-11(6-4-10)8-16(2)14(17)12-7-13(15)18-9-12/h3-7,9H,8H2,1-2H3. The third kappa shape index (κ3) is 3.21. The van der Waals surface area contributed by atoms with Crippen molar-refractivity contribution in [1.29, 1.82) is 0 Å². The van der Waals surface area contributed by atoms with Gasteiger partial charge in [-0.2, -0.15) is 0 Å². The average molecular weight is 324 g/mol. The van der Waals surface area contributed by atoms with Crippen molar-refractivity contribution in [2.75, 3.05) is 7.05 Å². The molecule has 0 bridgehead atoms. The Labute approximate surface area is 119 Å². The first kappa shape index (κ1) is 13.3. The summed E-state index contributed by atoms with van der Waals surface area (Å²) in [6, 6.07) is 10.1. The van der Waals surface area contributed by atoms with Crippen LogP contribution >= 0.6 is 27.3 Å². The van der Waals surface area contributed by atoms with Gasteiger partial charge in [-0.3, -0.25) is 4.79 Å². The van der Waals surface area contributed by atoms with Gasteiger partial charge in [0.05, 0.1) is 9.35 Å². The van der Waals surface area contributed by atoms with Gasteiger partial charge in [-0.15, -0.1) is 11.3 Å². The largest absolute Gasteiger partial charge is 0.337 e. The van der Waals surface area contributed by atoms with Crippen LogP contribution in [0.15, 0.2) is 39.5 Å². The lowest BCUT2D eigenvalue weighted by molar-refractivity contribution is 0.0785. The normalized spacial score (nSPS) is 10.4. The minimum Gasteiger partial charge on any atom is -0.337 e. The van der Waals surface area contributed by atoms with E-state index in [-0.39, 0.29) is 5.91 Å². The van der Waals surface area contributed by atoms with Gasteiger partial charge in [0.15, 0.2) is 0 Å². The van der Waals surface area contributed by atoms with Gasteiger partial charge in [0.1, 0.15) is 0 Å². The summed E-state index contributed by atoms with van der Waals surface area (Å²) in [6.07, 6.45) is 0.